The van der Waals surface area contributed by atoms with E-state index in [2.05, 4.69) is 19.8 Å². The molecule has 0 saturated carbocycles. The molecule has 2 unspecified atom stereocenters. The molecule has 29 heavy (non-hydrogen) atoms. The molecule has 7 nitrogen and oxygen atoms in total. The minimum Gasteiger partial charge on any atom is -0.328 e. The van der Waals surface area contributed by atoms with E-state index in [-0.39, 0.29) is 6.42 Å². The van der Waals surface area contributed by atoms with E-state index >= 15 is 0 Å². The molecule has 1 aliphatic heterocycles. The van der Waals surface area contributed by atoms with Crippen molar-refractivity contribution >= 4 is 51.5 Å². The first-order valence-electron chi connectivity index (χ1n) is 8.43. The molecule has 3 heterocycles. The summed E-state index contributed by atoms with van der Waals surface area (Å²) >= 11 is 8.21. The van der Waals surface area contributed by atoms with Crippen LogP contribution in [0.15, 0.2) is 18.2 Å². The molecule has 0 bridgehead atoms. The highest BCUT2D eigenvalue weighted by Gasteiger charge is 2.46. The Morgan fingerprint density at radius 2 is 2.17 bits per heavy atom. The summed E-state index contributed by atoms with van der Waals surface area (Å²) in [7, 11) is 0. The molecule has 2 aromatic rings. The van der Waals surface area contributed by atoms with E-state index in [0.29, 0.717) is 33.2 Å². The first kappa shape index (κ1) is 21.8. The number of hydrogen-bond acceptors (Lipinski definition) is 7. The second kappa shape index (κ2) is 8.86. The van der Waals surface area contributed by atoms with Crippen LogP contribution in [0.4, 0.5) is 23.0 Å². The number of anilines is 1. The molecule has 2 amide bonds. The zero-order valence-corrected chi connectivity index (χ0v) is 17.3. The average Bonchev–Trinajstić information content (AvgIpc) is 3.26. The van der Waals surface area contributed by atoms with Gasteiger partial charge in [0.05, 0.1) is 16.1 Å². The van der Waals surface area contributed by atoms with Gasteiger partial charge in [-0.25, -0.2) is 9.59 Å². The molecule has 158 valence electrons. The Kier molecular flexibility index (Phi) is 6.66. The number of halogens is 4. The lowest BCUT2D eigenvalue weighted by atomic mass is 9.91. The molecule has 1 saturated heterocycles. The van der Waals surface area contributed by atoms with E-state index in [1.807, 2.05) is 0 Å². The molecule has 0 spiro atoms. The van der Waals surface area contributed by atoms with Crippen LogP contribution in [0.1, 0.15) is 22.9 Å². The number of carbonyl (C=O) groups is 2. The predicted molar refractivity (Wildman–Crippen MR) is 103 cm³/mol. The molecule has 1 aliphatic rings. The van der Waals surface area contributed by atoms with Gasteiger partial charge in [-0.2, -0.15) is 17.5 Å². The van der Waals surface area contributed by atoms with Gasteiger partial charge in [-0.1, -0.05) is 11.6 Å². The van der Waals surface area contributed by atoms with E-state index < -0.39 is 30.1 Å². The maximum absolute atomic E-state index is 12.8. The number of aryl methyl sites for hydroxylation is 1. The van der Waals surface area contributed by atoms with Gasteiger partial charge in [-0.3, -0.25) is 5.32 Å². The van der Waals surface area contributed by atoms with E-state index in [1.165, 1.54) is 11.3 Å². The lowest BCUT2D eigenvalue weighted by molar-refractivity contribution is -0.234. The van der Waals surface area contributed by atoms with Crippen LogP contribution >= 0.6 is 34.5 Å². The Labute approximate surface area is 176 Å². The predicted octanol–water partition coefficient (Wildman–Crippen LogP) is 4.17. The van der Waals surface area contributed by atoms with Crippen LogP contribution < -0.4 is 10.6 Å². The second-order valence-corrected chi connectivity index (χ2v) is 8.83. The highest BCUT2D eigenvalue weighted by molar-refractivity contribution is 7.16. The molecule has 1 fully saturated rings. The molecule has 2 atom stereocenters. The number of piperidine rings is 1. The van der Waals surface area contributed by atoms with Gasteiger partial charge in [0, 0.05) is 17.3 Å². The van der Waals surface area contributed by atoms with Gasteiger partial charge in [-0.15, -0.1) is 16.4 Å². The summed E-state index contributed by atoms with van der Waals surface area (Å²) in [4.78, 5) is 29.6. The van der Waals surface area contributed by atoms with Crippen molar-refractivity contribution in [3.63, 3.8) is 0 Å². The van der Waals surface area contributed by atoms with Crippen LogP contribution in [0.5, 0.6) is 0 Å². The Bertz CT molecular complexity index is 889. The van der Waals surface area contributed by atoms with Crippen molar-refractivity contribution in [3.8, 4) is 0 Å². The molecule has 0 aliphatic carbocycles. The molecular weight excluding hydrogens is 453 g/mol. The lowest BCUT2D eigenvalue weighted by Gasteiger charge is -2.37. The number of nitrogens with zero attached hydrogens (tertiary/aromatic N) is 2. The quantitative estimate of drug-likeness (QED) is 0.661. The summed E-state index contributed by atoms with van der Waals surface area (Å²) in [6.45, 7) is 2.53. The second-order valence-electron chi connectivity index (χ2n) is 6.27. The first-order chi connectivity index (χ1) is 13.6. The van der Waals surface area contributed by atoms with Crippen molar-refractivity contribution in [2.45, 2.75) is 31.5 Å². The maximum atomic E-state index is 12.8. The Balaban J connectivity index is 1.89. The Hall–Kier alpha value is -1.89. The molecule has 2 N–H and O–H groups in total. The molecule has 3 rings (SSSR count). The molecule has 0 aromatic carbocycles. The number of rotatable bonds is 3. The molecule has 13 heteroatoms. The third-order valence-electron chi connectivity index (χ3n) is 4.18. The number of nitrogens with one attached hydrogen (secondary N) is 2. The van der Waals surface area contributed by atoms with Crippen LogP contribution in [-0.4, -0.2) is 46.7 Å². The van der Waals surface area contributed by atoms with E-state index in [4.69, 9.17) is 11.6 Å². The third kappa shape index (κ3) is 5.38. The third-order valence-corrected chi connectivity index (χ3v) is 6.34. The number of carbonyl (C=O) groups excluding carboxylic acids is 2. The maximum Gasteiger partial charge on any atom is 0.493 e. The van der Waals surface area contributed by atoms with E-state index in [0.717, 1.165) is 16.4 Å². The fourth-order valence-electron chi connectivity index (χ4n) is 2.93. The number of urea groups is 1. The number of hydroxylamine groups is 2. The zero-order valence-electron chi connectivity index (χ0n) is 15.0. The monoisotopic (exact) mass is 468 g/mol. The highest BCUT2D eigenvalue weighted by atomic mass is 35.5. The van der Waals surface area contributed by atoms with Gasteiger partial charge in [0.15, 0.2) is 0 Å². The topological polar surface area (TPSA) is 83.6 Å². The van der Waals surface area contributed by atoms with Crippen LogP contribution in [0, 0.1) is 6.92 Å². The molecular formula is C16H16ClF3N4O3S2. The minimum absolute atomic E-state index is 0.278. The largest absolute Gasteiger partial charge is 0.493 e. The van der Waals surface area contributed by atoms with Gasteiger partial charge >= 0.3 is 18.2 Å². The van der Waals surface area contributed by atoms with Crippen molar-refractivity contribution < 1.29 is 27.6 Å². The van der Waals surface area contributed by atoms with Crippen molar-refractivity contribution in [1.82, 2.24) is 14.8 Å². The average molecular weight is 469 g/mol. The van der Waals surface area contributed by atoms with Gasteiger partial charge in [0.1, 0.15) is 5.00 Å². The highest BCUT2D eigenvalue weighted by Crippen LogP contribution is 2.35. The fourth-order valence-corrected chi connectivity index (χ4v) is 4.80. The normalized spacial score (nSPS) is 19.6. The Morgan fingerprint density at radius 1 is 1.41 bits per heavy atom. The lowest BCUT2D eigenvalue weighted by Crippen LogP contribution is -2.53. The number of aromatic nitrogens is 1. The summed E-state index contributed by atoms with van der Waals surface area (Å²) in [6, 6.07) is 3.17. The minimum atomic E-state index is -5.24. The van der Waals surface area contributed by atoms with Crippen molar-refractivity contribution in [1.29, 1.82) is 0 Å². The molecule has 2 aromatic heterocycles. The van der Waals surface area contributed by atoms with Crippen molar-refractivity contribution in [3.05, 3.63) is 33.1 Å². The smallest absolute Gasteiger partial charge is 0.328 e. The van der Waals surface area contributed by atoms with E-state index in [1.54, 1.807) is 25.1 Å². The SMILES string of the molecule is Cc1cc(NC(=O)N(OC(=O)C(F)(F)F)C2CCNCC2c2ccc(Cl)s2)sn1. The van der Waals surface area contributed by atoms with Crippen molar-refractivity contribution in [2.24, 2.45) is 0 Å². The summed E-state index contributed by atoms with van der Waals surface area (Å²) in [5, 5.41) is 6.40. The number of hydrogen-bond donors (Lipinski definition) is 2. The van der Waals surface area contributed by atoms with Crippen molar-refractivity contribution in [2.75, 3.05) is 18.4 Å². The summed E-state index contributed by atoms with van der Waals surface area (Å²) < 4.78 is 43.0. The summed E-state index contributed by atoms with van der Waals surface area (Å²) in [5.74, 6) is -2.87. The van der Waals surface area contributed by atoms with Crippen LogP contribution in [0.2, 0.25) is 4.34 Å². The van der Waals surface area contributed by atoms with E-state index in [9.17, 15) is 22.8 Å². The van der Waals surface area contributed by atoms with Crippen LogP contribution in [-0.2, 0) is 9.63 Å². The van der Waals surface area contributed by atoms with Gasteiger partial charge in [-0.05, 0) is 49.6 Å². The van der Waals surface area contributed by atoms with Gasteiger partial charge in [0.25, 0.3) is 0 Å². The number of alkyl halides is 3. The van der Waals surface area contributed by atoms with Gasteiger partial charge in [0.2, 0.25) is 0 Å². The standard InChI is InChI=1S/C16H16ClF3N4O3S2/c1-8-6-13(29-23-8)22-15(26)24(27-14(25)16(18,19)20)10-4-5-21-7-9(10)11-2-3-12(17)28-11/h2-3,6,9-10,21H,4-5,7H2,1H3,(H,22,26). The number of amides is 2. The fraction of sp³-hybridized carbons (Fsp3) is 0.438. The van der Waals surface area contributed by atoms with Crippen LogP contribution in [0.3, 0.4) is 0 Å². The Morgan fingerprint density at radius 3 is 2.76 bits per heavy atom. The first-order valence-corrected chi connectivity index (χ1v) is 10.4. The van der Waals surface area contributed by atoms with Gasteiger partial charge < -0.3 is 10.2 Å². The summed E-state index contributed by atoms with van der Waals surface area (Å²) in [5.41, 5.74) is 0.636. The zero-order chi connectivity index (χ0) is 21.2. The molecule has 0 radical (unpaired) electrons. The van der Waals surface area contributed by atoms with Crippen LogP contribution in [0.25, 0.3) is 0 Å². The number of thiophene rings is 1. The summed E-state index contributed by atoms with van der Waals surface area (Å²) in [6.07, 6.45) is -4.96.